The Morgan fingerprint density at radius 1 is 1.33 bits per heavy atom. The molecular weight excluding hydrogens is 228 g/mol. The average Bonchev–Trinajstić information content (AvgIpc) is 2.86. The van der Waals surface area contributed by atoms with Gasteiger partial charge in [0.1, 0.15) is 0 Å². The van der Waals surface area contributed by atoms with Crippen molar-refractivity contribution in [3.8, 4) is 0 Å². The van der Waals surface area contributed by atoms with Gasteiger partial charge >= 0.3 is 0 Å². The van der Waals surface area contributed by atoms with Gasteiger partial charge in [-0.3, -0.25) is 0 Å². The van der Waals surface area contributed by atoms with Crippen LogP contribution in [-0.2, 0) is 4.74 Å². The Kier molecular flexibility index (Phi) is 5.22. The van der Waals surface area contributed by atoms with Crippen molar-refractivity contribution in [1.29, 1.82) is 0 Å². The Morgan fingerprint density at radius 3 is 2.94 bits per heavy atom. The van der Waals surface area contributed by atoms with Crippen molar-refractivity contribution in [2.24, 2.45) is 11.8 Å². The van der Waals surface area contributed by atoms with Crippen LogP contribution in [0.2, 0.25) is 0 Å². The van der Waals surface area contributed by atoms with Crippen molar-refractivity contribution >= 4 is 0 Å². The first-order valence-electron chi connectivity index (χ1n) is 7.40. The normalized spacial score (nSPS) is 37.3. The lowest BCUT2D eigenvalue weighted by molar-refractivity contribution is -0.0906. The average molecular weight is 254 g/mol. The largest absolute Gasteiger partial charge is 0.389 e. The van der Waals surface area contributed by atoms with Gasteiger partial charge in [-0.1, -0.05) is 38.3 Å². The summed E-state index contributed by atoms with van der Waals surface area (Å²) in [7, 11) is 0. The van der Waals surface area contributed by atoms with Crippen molar-refractivity contribution in [2.75, 3.05) is 0 Å². The number of rotatable bonds is 6. The van der Waals surface area contributed by atoms with Crippen LogP contribution < -0.4 is 0 Å². The monoisotopic (exact) mass is 254 g/mol. The number of hydrogen-bond acceptors (Lipinski definition) is 3. The summed E-state index contributed by atoms with van der Waals surface area (Å²) < 4.78 is 5.46. The van der Waals surface area contributed by atoms with Crippen molar-refractivity contribution < 1.29 is 14.9 Å². The summed E-state index contributed by atoms with van der Waals surface area (Å²) in [6.45, 7) is 2.17. The number of allylic oxidation sites excluding steroid dienone is 1. The number of aliphatic hydroxyl groups excluding tert-OH is 2. The smallest absolute Gasteiger partial charge is 0.155 e. The highest BCUT2D eigenvalue weighted by Gasteiger charge is 2.42. The van der Waals surface area contributed by atoms with Gasteiger partial charge in [-0.2, -0.15) is 0 Å². The van der Waals surface area contributed by atoms with Crippen molar-refractivity contribution in [2.45, 2.75) is 70.4 Å². The molecular formula is C15H26O3. The SMILES string of the molecule is CCCCCC(O)C=CC1CC[C@H]2O[C@H](O)C[C@H]12. The van der Waals surface area contributed by atoms with Crippen LogP contribution in [0.25, 0.3) is 0 Å². The summed E-state index contributed by atoms with van der Waals surface area (Å²) in [5.41, 5.74) is 0. The summed E-state index contributed by atoms with van der Waals surface area (Å²) in [4.78, 5) is 0. The summed E-state index contributed by atoms with van der Waals surface area (Å²) >= 11 is 0. The van der Waals surface area contributed by atoms with Gasteiger partial charge in [-0.15, -0.1) is 0 Å². The molecule has 3 heteroatoms. The highest BCUT2D eigenvalue weighted by molar-refractivity contribution is 5.02. The molecule has 0 amide bonds. The Hall–Kier alpha value is -0.380. The zero-order valence-electron chi connectivity index (χ0n) is 11.3. The third-order valence-electron chi connectivity index (χ3n) is 4.30. The van der Waals surface area contributed by atoms with Crippen LogP contribution in [0.1, 0.15) is 51.9 Å². The third-order valence-corrected chi connectivity index (χ3v) is 4.30. The summed E-state index contributed by atoms with van der Waals surface area (Å²) in [6, 6.07) is 0. The highest BCUT2D eigenvalue weighted by Crippen LogP contribution is 2.43. The Labute approximate surface area is 110 Å². The molecule has 1 heterocycles. The van der Waals surface area contributed by atoms with Gasteiger partial charge in [-0.25, -0.2) is 0 Å². The summed E-state index contributed by atoms with van der Waals surface area (Å²) in [5.74, 6) is 0.937. The topological polar surface area (TPSA) is 49.7 Å². The second kappa shape index (κ2) is 6.69. The van der Waals surface area contributed by atoms with Crippen molar-refractivity contribution in [1.82, 2.24) is 0 Å². The maximum absolute atomic E-state index is 9.86. The van der Waals surface area contributed by atoms with Gasteiger partial charge in [0, 0.05) is 6.42 Å². The first-order valence-corrected chi connectivity index (χ1v) is 7.40. The molecule has 1 aliphatic heterocycles. The third kappa shape index (κ3) is 3.56. The van der Waals surface area contributed by atoms with Crippen LogP contribution in [0.15, 0.2) is 12.2 Å². The fourth-order valence-corrected chi connectivity index (χ4v) is 3.26. The minimum atomic E-state index is -0.564. The number of ether oxygens (including phenoxy) is 1. The number of fused-ring (bicyclic) bond motifs is 1. The second-order valence-corrected chi connectivity index (χ2v) is 5.72. The van der Waals surface area contributed by atoms with E-state index in [2.05, 4.69) is 13.0 Å². The molecule has 0 aromatic carbocycles. The number of aliphatic hydroxyl groups is 2. The molecule has 2 rings (SSSR count). The Balaban J connectivity index is 1.75. The summed E-state index contributed by atoms with van der Waals surface area (Å²) in [6.07, 6.45) is 10.8. The van der Waals surface area contributed by atoms with Gasteiger partial charge in [0.2, 0.25) is 0 Å². The van der Waals surface area contributed by atoms with E-state index in [1.807, 2.05) is 6.08 Å². The van der Waals surface area contributed by atoms with Gasteiger partial charge in [-0.05, 0) is 31.1 Å². The van der Waals surface area contributed by atoms with Crippen LogP contribution in [-0.4, -0.2) is 28.7 Å². The lowest BCUT2D eigenvalue weighted by atomic mass is 9.92. The molecule has 0 bridgehead atoms. The minimum Gasteiger partial charge on any atom is -0.389 e. The second-order valence-electron chi connectivity index (χ2n) is 5.72. The number of unbranched alkanes of at least 4 members (excludes halogenated alkanes) is 2. The molecule has 2 fully saturated rings. The molecule has 1 saturated carbocycles. The standard InChI is InChI=1S/C15H26O3/c1-2-3-4-5-12(16)8-6-11-7-9-14-13(11)10-15(17)18-14/h6,8,11-17H,2-5,7,9-10H2,1H3/t11?,12?,13-,14-,15+/m1/s1. The zero-order valence-corrected chi connectivity index (χ0v) is 11.3. The van der Waals surface area contributed by atoms with Crippen LogP contribution in [0.4, 0.5) is 0 Å². The van der Waals surface area contributed by atoms with E-state index in [9.17, 15) is 10.2 Å². The predicted octanol–water partition coefficient (Wildman–Crippen LogP) is 2.62. The molecule has 0 aromatic heterocycles. The molecule has 0 radical (unpaired) electrons. The maximum atomic E-state index is 9.86. The Morgan fingerprint density at radius 2 is 2.17 bits per heavy atom. The zero-order chi connectivity index (χ0) is 13.0. The molecule has 2 unspecified atom stereocenters. The van der Waals surface area contributed by atoms with E-state index in [0.717, 1.165) is 32.1 Å². The van der Waals surface area contributed by atoms with E-state index in [1.54, 1.807) is 0 Å². The lowest BCUT2D eigenvalue weighted by Gasteiger charge is -2.13. The van der Waals surface area contributed by atoms with Gasteiger partial charge in [0.15, 0.2) is 6.29 Å². The van der Waals surface area contributed by atoms with Crippen molar-refractivity contribution in [3.05, 3.63) is 12.2 Å². The lowest BCUT2D eigenvalue weighted by Crippen LogP contribution is -2.12. The molecule has 5 atom stereocenters. The molecule has 0 spiro atoms. The van der Waals surface area contributed by atoms with E-state index in [4.69, 9.17) is 4.74 Å². The van der Waals surface area contributed by atoms with Gasteiger partial charge in [0.05, 0.1) is 12.2 Å². The molecule has 18 heavy (non-hydrogen) atoms. The van der Waals surface area contributed by atoms with Crippen LogP contribution in [0, 0.1) is 11.8 Å². The van der Waals surface area contributed by atoms with Crippen LogP contribution in [0.5, 0.6) is 0 Å². The minimum absolute atomic E-state index is 0.242. The van der Waals surface area contributed by atoms with E-state index >= 15 is 0 Å². The maximum Gasteiger partial charge on any atom is 0.155 e. The molecule has 3 nitrogen and oxygen atoms in total. The molecule has 2 N–H and O–H groups in total. The summed E-state index contributed by atoms with van der Waals surface area (Å²) in [5, 5.41) is 19.3. The van der Waals surface area contributed by atoms with Gasteiger partial charge in [0.25, 0.3) is 0 Å². The predicted molar refractivity (Wildman–Crippen MR) is 71.0 cm³/mol. The van der Waals surface area contributed by atoms with E-state index in [-0.39, 0.29) is 12.2 Å². The quantitative estimate of drug-likeness (QED) is 0.566. The van der Waals surface area contributed by atoms with Gasteiger partial charge < -0.3 is 14.9 Å². The molecule has 0 aromatic rings. The first kappa shape index (κ1) is 14.0. The fourth-order valence-electron chi connectivity index (χ4n) is 3.26. The Bertz CT molecular complexity index is 277. The first-order chi connectivity index (χ1) is 8.70. The highest BCUT2D eigenvalue weighted by atomic mass is 16.6. The van der Waals surface area contributed by atoms with Crippen molar-refractivity contribution in [3.63, 3.8) is 0 Å². The molecule has 1 aliphatic carbocycles. The van der Waals surface area contributed by atoms with E-state index in [1.165, 1.54) is 12.8 Å². The van der Waals surface area contributed by atoms with E-state index in [0.29, 0.717) is 11.8 Å². The molecule has 2 aliphatic rings. The number of hydrogen-bond donors (Lipinski definition) is 2. The van der Waals surface area contributed by atoms with Crippen LogP contribution in [0.3, 0.4) is 0 Å². The van der Waals surface area contributed by atoms with Crippen LogP contribution >= 0.6 is 0 Å². The fraction of sp³-hybridized carbons (Fsp3) is 0.867. The van der Waals surface area contributed by atoms with E-state index < -0.39 is 6.29 Å². The molecule has 1 saturated heterocycles. The molecule has 104 valence electrons.